The zero-order chi connectivity index (χ0) is 12.7. The number of hydrogen-bond acceptors (Lipinski definition) is 2. The van der Waals surface area contributed by atoms with Gasteiger partial charge in [0.2, 0.25) is 0 Å². The number of aliphatic hydroxyl groups excluding tert-OH is 1. The maximum Gasteiger partial charge on any atom is 0.0568 e. The molecule has 1 aliphatic heterocycles. The van der Waals surface area contributed by atoms with E-state index in [4.69, 9.17) is 0 Å². The summed E-state index contributed by atoms with van der Waals surface area (Å²) < 4.78 is 0. The Balaban J connectivity index is 1.46. The van der Waals surface area contributed by atoms with Gasteiger partial charge in [0.1, 0.15) is 0 Å². The molecule has 2 nitrogen and oxygen atoms in total. The first-order valence-corrected chi connectivity index (χ1v) is 9.23. The lowest BCUT2D eigenvalue weighted by molar-refractivity contribution is 0.0613. The van der Waals surface area contributed by atoms with Crippen molar-refractivity contribution >= 4 is 10.2 Å². The third-order valence-corrected chi connectivity index (χ3v) is 7.00. The smallest absolute Gasteiger partial charge is 0.0568 e. The Bertz CT molecular complexity index is 288. The van der Waals surface area contributed by atoms with Crippen molar-refractivity contribution in [2.24, 2.45) is 17.8 Å². The quantitative estimate of drug-likeness (QED) is 0.756. The van der Waals surface area contributed by atoms with Crippen molar-refractivity contribution in [3.05, 3.63) is 0 Å². The summed E-state index contributed by atoms with van der Waals surface area (Å²) in [5.41, 5.74) is 0.782. The zero-order valence-corrected chi connectivity index (χ0v) is 13.9. The fourth-order valence-corrected chi connectivity index (χ4v) is 5.29. The second kappa shape index (κ2) is 5.26. The van der Waals surface area contributed by atoms with Crippen LogP contribution in [0.4, 0.5) is 0 Å². The number of hydrogen-bond donors (Lipinski definition) is 2. The highest BCUT2D eigenvalue weighted by molar-refractivity contribution is 6.12. The minimum absolute atomic E-state index is 0.0195. The molecule has 1 saturated heterocycles. The normalized spacial score (nSPS) is 46.7. The van der Waals surface area contributed by atoms with E-state index in [2.05, 4.69) is 12.2 Å². The Labute approximate surface area is 114 Å². The van der Waals surface area contributed by atoms with Gasteiger partial charge in [-0.15, -0.1) is 0 Å². The number of aliphatic hydroxyl groups is 1. The maximum absolute atomic E-state index is 10.5. The maximum atomic E-state index is 10.5. The van der Waals surface area contributed by atoms with E-state index in [1.54, 1.807) is 0 Å². The van der Waals surface area contributed by atoms with Crippen LogP contribution in [0.5, 0.6) is 0 Å². The summed E-state index contributed by atoms with van der Waals surface area (Å²) in [6.07, 6.45) is 9.11. The molecule has 0 amide bonds. The zero-order valence-electron chi connectivity index (χ0n) is 11.9. The van der Waals surface area contributed by atoms with E-state index in [0.717, 1.165) is 35.9 Å². The van der Waals surface area contributed by atoms with Gasteiger partial charge in [0.25, 0.3) is 0 Å². The molecule has 0 aromatic rings. The Hall–Kier alpha value is 0.137. The average molecular weight is 267 g/mol. The standard InChI is InChI=1S/C15H29NOSi/c1-9-3-2-4-10(5-9)14(17)8-15(18)13-7-11-6-12(11)16-13/h9-17H,2-8H2,1,18H3/t9?,10?,11-,12-,13-,14?,15?/m1/s1. The van der Waals surface area contributed by atoms with Gasteiger partial charge in [-0.1, -0.05) is 19.8 Å². The van der Waals surface area contributed by atoms with Crippen molar-refractivity contribution in [3.8, 4) is 0 Å². The van der Waals surface area contributed by atoms with Crippen LogP contribution in [0.2, 0.25) is 5.54 Å². The lowest BCUT2D eigenvalue weighted by Crippen LogP contribution is -2.34. The van der Waals surface area contributed by atoms with Gasteiger partial charge in [0, 0.05) is 22.3 Å². The molecule has 0 aromatic heterocycles. The highest BCUT2D eigenvalue weighted by Crippen LogP contribution is 2.44. The van der Waals surface area contributed by atoms with Gasteiger partial charge < -0.3 is 10.4 Å². The average Bonchev–Trinajstić information content (AvgIpc) is 2.96. The molecule has 3 heteroatoms. The summed E-state index contributed by atoms with van der Waals surface area (Å²) in [5, 5.41) is 14.3. The number of nitrogens with one attached hydrogen (secondary N) is 1. The molecule has 0 radical (unpaired) electrons. The van der Waals surface area contributed by atoms with Gasteiger partial charge in [-0.3, -0.25) is 0 Å². The molecule has 3 fully saturated rings. The fourth-order valence-electron chi connectivity index (χ4n) is 4.35. The molecule has 2 aliphatic carbocycles. The number of fused-ring (bicyclic) bond motifs is 1. The van der Waals surface area contributed by atoms with Crippen molar-refractivity contribution in [2.75, 3.05) is 0 Å². The van der Waals surface area contributed by atoms with Crippen LogP contribution >= 0.6 is 0 Å². The van der Waals surface area contributed by atoms with Crippen LogP contribution in [0, 0.1) is 17.8 Å². The predicted molar refractivity (Wildman–Crippen MR) is 78.9 cm³/mol. The van der Waals surface area contributed by atoms with Crippen LogP contribution < -0.4 is 5.32 Å². The van der Waals surface area contributed by atoms with E-state index < -0.39 is 0 Å². The van der Waals surface area contributed by atoms with Gasteiger partial charge in [-0.2, -0.15) is 0 Å². The third-order valence-electron chi connectivity index (χ3n) is 5.73. The Morgan fingerprint density at radius 2 is 2.11 bits per heavy atom. The number of piperidine rings is 1. The largest absolute Gasteiger partial charge is 0.393 e. The molecule has 0 spiro atoms. The van der Waals surface area contributed by atoms with Crippen LogP contribution in [0.1, 0.15) is 51.9 Å². The van der Waals surface area contributed by atoms with Crippen molar-refractivity contribution in [1.82, 2.24) is 5.32 Å². The van der Waals surface area contributed by atoms with E-state index in [1.165, 1.54) is 48.8 Å². The second-order valence-corrected chi connectivity index (χ2v) is 8.91. The first-order valence-electron chi connectivity index (χ1n) is 8.07. The fraction of sp³-hybridized carbons (Fsp3) is 1.00. The van der Waals surface area contributed by atoms with Gasteiger partial charge in [-0.05, 0) is 55.4 Å². The van der Waals surface area contributed by atoms with Crippen LogP contribution in [0.25, 0.3) is 0 Å². The molecule has 0 aromatic carbocycles. The summed E-state index contributed by atoms with van der Waals surface area (Å²) in [6, 6.07) is 1.61. The Morgan fingerprint density at radius 1 is 1.28 bits per heavy atom. The molecule has 7 atom stereocenters. The third kappa shape index (κ3) is 2.83. The molecule has 3 rings (SSSR count). The first kappa shape index (κ1) is 13.1. The molecular formula is C15H29NOSi. The van der Waals surface area contributed by atoms with Crippen LogP contribution in [0.15, 0.2) is 0 Å². The van der Waals surface area contributed by atoms with Crippen LogP contribution in [-0.2, 0) is 0 Å². The summed E-state index contributed by atoms with van der Waals surface area (Å²) >= 11 is 0. The number of rotatable bonds is 4. The summed E-state index contributed by atoms with van der Waals surface area (Å²) in [6.45, 7) is 2.35. The molecule has 2 saturated carbocycles. The predicted octanol–water partition coefficient (Wildman–Crippen LogP) is 1.47. The van der Waals surface area contributed by atoms with Crippen molar-refractivity contribution in [2.45, 2.75) is 75.6 Å². The monoisotopic (exact) mass is 267 g/mol. The minimum atomic E-state index is -0.0195. The van der Waals surface area contributed by atoms with Crippen LogP contribution in [0.3, 0.4) is 0 Å². The SMILES string of the molecule is CC1CCCC(C(O)CC([SiH3])[C@H]2C[C@H]3C[C@H]3N2)C1. The van der Waals surface area contributed by atoms with Gasteiger partial charge in [0.05, 0.1) is 6.10 Å². The minimum Gasteiger partial charge on any atom is -0.393 e. The molecular weight excluding hydrogens is 238 g/mol. The molecule has 18 heavy (non-hydrogen) atoms. The van der Waals surface area contributed by atoms with Crippen molar-refractivity contribution < 1.29 is 5.11 Å². The van der Waals surface area contributed by atoms with E-state index in [1.807, 2.05) is 0 Å². The lowest BCUT2D eigenvalue weighted by Gasteiger charge is -2.33. The van der Waals surface area contributed by atoms with Crippen molar-refractivity contribution in [3.63, 3.8) is 0 Å². The Morgan fingerprint density at radius 3 is 2.78 bits per heavy atom. The second-order valence-electron chi connectivity index (χ2n) is 7.42. The summed E-state index contributed by atoms with van der Waals surface area (Å²) in [5.74, 6) is 2.43. The van der Waals surface area contributed by atoms with Crippen LogP contribution in [-0.4, -0.2) is 33.5 Å². The van der Waals surface area contributed by atoms with E-state index >= 15 is 0 Å². The molecule has 4 unspecified atom stereocenters. The molecule has 2 N–H and O–H groups in total. The van der Waals surface area contributed by atoms with Gasteiger partial charge >= 0.3 is 0 Å². The lowest BCUT2D eigenvalue weighted by atomic mass is 9.78. The highest BCUT2D eigenvalue weighted by atomic mass is 28.1. The topological polar surface area (TPSA) is 32.3 Å². The molecule has 0 bridgehead atoms. The summed E-state index contributed by atoms with van der Waals surface area (Å²) in [7, 11) is 1.23. The molecule has 104 valence electrons. The highest BCUT2D eigenvalue weighted by Gasteiger charge is 2.47. The van der Waals surface area contributed by atoms with E-state index in [9.17, 15) is 5.11 Å². The van der Waals surface area contributed by atoms with Gasteiger partial charge in [-0.25, -0.2) is 0 Å². The molecule has 1 heterocycles. The van der Waals surface area contributed by atoms with E-state index in [-0.39, 0.29) is 6.10 Å². The van der Waals surface area contributed by atoms with E-state index in [0.29, 0.717) is 5.92 Å². The van der Waals surface area contributed by atoms with Gasteiger partial charge in [0.15, 0.2) is 0 Å². The first-order chi connectivity index (χ1) is 8.63. The summed E-state index contributed by atoms with van der Waals surface area (Å²) in [4.78, 5) is 0. The Kier molecular flexibility index (Phi) is 3.84. The molecule has 3 aliphatic rings. The van der Waals surface area contributed by atoms with Crippen molar-refractivity contribution in [1.29, 1.82) is 0 Å².